The Morgan fingerprint density at radius 2 is 2.00 bits per heavy atom. The van der Waals surface area contributed by atoms with Crippen molar-refractivity contribution in [2.45, 2.75) is 18.4 Å². The van der Waals surface area contributed by atoms with Gasteiger partial charge in [0.05, 0.1) is 12.1 Å². The molecule has 0 bridgehead atoms. The number of hydrogen-bond donors (Lipinski definition) is 0. The van der Waals surface area contributed by atoms with Crippen molar-refractivity contribution in [3.8, 4) is 5.88 Å². The molecule has 4 heterocycles. The predicted molar refractivity (Wildman–Crippen MR) is 95.7 cm³/mol. The van der Waals surface area contributed by atoms with Gasteiger partial charge in [0.1, 0.15) is 0 Å². The molecule has 1 spiro atoms. The van der Waals surface area contributed by atoms with Crippen molar-refractivity contribution in [1.29, 1.82) is 0 Å². The van der Waals surface area contributed by atoms with E-state index >= 15 is 0 Å². The van der Waals surface area contributed by atoms with Gasteiger partial charge in [-0.05, 0) is 50.6 Å². The van der Waals surface area contributed by atoms with E-state index < -0.39 is 5.82 Å². The molecule has 7 nitrogen and oxygen atoms in total. The molecule has 2 aliphatic heterocycles. The highest BCUT2D eigenvalue weighted by Gasteiger charge is 2.51. The first-order valence-corrected chi connectivity index (χ1v) is 9.08. The Balaban J connectivity index is 1.36. The van der Waals surface area contributed by atoms with Gasteiger partial charge < -0.3 is 9.64 Å². The molecule has 2 fully saturated rings. The van der Waals surface area contributed by atoms with Crippen LogP contribution in [0.3, 0.4) is 0 Å². The molecule has 2 aromatic heterocycles. The van der Waals surface area contributed by atoms with Crippen molar-refractivity contribution in [3.63, 3.8) is 0 Å². The van der Waals surface area contributed by atoms with Crippen molar-refractivity contribution in [1.82, 2.24) is 24.8 Å². The number of hydrogen-bond acceptors (Lipinski definition) is 6. The Morgan fingerprint density at radius 1 is 1.26 bits per heavy atom. The van der Waals surface area contributed by atoms with E-state index in [1.165, 1.54) is 12.3 Å². The lowest BCUT2D eigenvalue weighted by atomic mass is 9.75. The van der Waals surface area contributed by atoms with E-state index in [1.54, 1.807) is 29.4 Å². The fraction of sp³-hybridized carbons (Fsp3) is 0.474. The van der Waals surface area contributed by atoms with E-state index in [9.17, 15) is 9.18 Å². The number of amides is 1. The van der Waals surface area contributed by atoms with Gasteiger partial charge in [0.25, 0.3) is 5.91 Å². The second-order valence-corrected chi connectivity index (χ2v) is 7.34. The minimum Gasteiger partial charge on any atom is -0.475 e. The number of nitrogens with zero attached hydrogens (tertiary/aromatic N) is 5. The van der Waals surface area contributed by atoms with Crippen LogP contribution in [-0.2, 0) is 0 Å². The molecular formula is C19H22FN5O2. The van der Waals surface area contributed by atoms with Crippen molar-refractivity contribution < 1.29 is 13.9 Å². The third-order valence-corrected chi connectivity index (χ3v) is 5.55. The summed E-state index contributed by atoms with van der Waals surface area (Å²) in [5.41, 5.74) is -0.0562. The van der Waals surface area contributed by atoms with Gasteiger partial charge in [0, 0.05) is 31.7 Å². The van der Waals surface area contributed by atoms with E-state index in [0.717, 1.165) is 19.4 Å². The SMILES string of the molecule is CN1CC[C@@H](COc2ncccc2F)CC12CN(C(=O)c1ncccn1)C2. The van der Waals surface area contributed by atoms with E-state index in [4.69, 9.17) is 4.74 Å². The number of likely N-dealkylation sites (N-methyl/N-ethyl adjacent to an activating group) is 1. The molecule has 0 N–H and O–H groups in total. The molecule has 0 radical (unpaired) electrons. The van der Waals surface area contributed by atoms with Crippen LogP contribution in [0.5, 0.6) is 5.88 Å². The van der Waals surface area contributed by atoms with Crippen LogP contribution in [0.25, 0.3) is 0 Å². The quantitative estimate of drug-likeness (QED) is 0.814. The van der Waals surface area contributed by atoms with Crippen LogP contribution in [0.1, 0.15) is 23.5 Å². The molecule has 0 unspecified atom stereocenters. The molecule has 4 rings (SSSR count). The van der Waals surface area contributed by atoms with Gasteiger partial charge in [-0.15, -0.1) is 0 Å². The molecule has 1 atom stereocenters. The minimum absolute atomic E-state index is 0.0529. The standard InChI is InChI=1S/C19H22FN5O2/c1-24-9-5-14(11-27-17-15(20)4-2-6-23-17)10-19(24)12-25(13-19)18(26)16-21-7-3-8-22-16/h2-4,6-8,14H,5,9-13H2,1H3/t14-/m1/s1. The topological polar surface area (TPSA) is 71.5 Å². The average Bonchev–Trinajstić information content (AvgIpc) is 2.67. The summed E-state index contributed by atoms with van der Waals surface area (Å²) in [4.78, 5) is 28.6. The summed E-state index contributed by atoms with van der Waals surface area (Å²) in [7, 11) is 2.09. The molecule has 2 aliphatic rings. The van der Waals surface area contributed by atoms with Crippen LogP contribution in [0, 0.1) is 11.7 Å². The summed E-state index contributed by atoms with van der Waals surface area (Å²) in [5, 5.41) is 0. The molecule has 1 amide bonds. The maximum Gasteiger partial charge on any atom is 0.291 e. The monoisotopic (exact) mass is 371 g/mol. The van der Waals surface area contributed by atoms with Gasteiger partial charge in [-0.1, -0.05) is 0 Å². The molecule has 0 saturated carbocycles. The third kappa shape index (κ3) is 3.49. The zero-order valence-electron chi connectivity index (χ0n) is 15.2. The molecule has 142 valence electrons. The highest BCUT2D eigenvalue weighted by Crippen LogP contribution is 2.38. The molecule has 0 aromatic carbocycles. The molecule has 8 heteroatoms. The van der Waals surface area contributed by atoms with Crippen LogP contribution in [0.2, 0.25) is 0 Å². The summed E-state index contributed by atoms with van der Waals surface area (Å²) in [6.45, 7) is 2.64. The summed E-state index contributed by atoms with van der Waals surface area (Å²) >= 11 is 0. The summed E-state index contributed by atoms with van der Waals surface area (Å²) in [5.74, 6) is 0.00764. The van der Waals surface area contributed by atoms with Gasteiger partial charge in [-0.25, -0.2) is 19.3 Å². The Morgan fingerprint density at radius 3 is 2.74 bits per heavy atom. The number of likely N-dealkylation sites (tertiary alicyclic amines) is 2. The maximum atomic E-state index is 13.7. The number of halogens is 1. The lowest BCUT2D eigenvalue weighted by Crippen LogP contribution is -2.72. The van der Waals surface area contributed by atoms with Crippen LogP contribution < -0.4 is 4.74 Å². The first kappa shape index (κ1) is 17.8. The molecule has 2 aromatic rings. The molecule has 2 saturated heterocycles. The van der Waals surface area contributed by atoms with E-state index in [0.29, 0.717) is 25.6 Å². The molecule has 0 aliphatic carbocycles. The highest BCUT2D eigenvalue weighted by atomic mass is 19.1. The fourth-order valence-corrected chi connectivity index (χ4v) is 3.95. The Kier molecular flexibility index (Phi) is 4.73. The second kappa shape index (κ2) is 7.19. The van der Waals surface area contributed by atoms with Crippen LogP contribution in [-0.4, -0.2) is 69.5 Å². The first-order valence-electron chi connectivity index (χ1n) is 9.08. The predicted octanol–water partition coefficient (Wildman–Crippen LogP) is 1.63. The molecule has 27 heavy (non-hydrogen) atoms. The summed E-state index contributed by atoms with van der Waals surface area (Å²) < 4.78 is 19.3. The number of carbonyl (C=O) groups excluding carboxylic acids is 1. The van der Waals surface area contributed by atoms with Crippen molar-refractivity contribution in [2.24, 2.45) is 5.92 Å². The summed E-state index contributed by atoms with van der Waals surface area (Å²) in [6.07, 6.45) is 6.55. The van der Waals surface area contributed by atoms with Crippen LogP contribution in [0.15, 0.2) is 36.8 Å². The normalized spacial score (nSPS) is 21.7. The lowest BCUT2D eigenvalue weighted by Gasteiger charge is -2.58. The minimum atomic E-state index is -0.441. The van der Waals surface area contributed by atoms with E-state index in [1.807, 2.05) is 0 Å². The second-order valence-electron chi connectivity index (χ2n) is 7.34. The van der Waals surface area contributed by atoms with Crippen LogP contribution >= 0.6 is 0 Å². The fourth-order valence-electron chi connectivity index (χ4n) is 3.95. The van der Waals surface area contributed by atoms with E-state index in [2.05, 4.69) is 26.9 Å². The van der Waals surface area contributed by atoms with Crippen molar-refractivity contribution in [3.05, 3.63) is 48.4 Å². The van der Waals surface area contributed by atoms with Gasteiger partial charge in [-0.2, -0.15) is 0 Å². The number of aromatic nitrogens is 3. The van der Waals surface area contributed by atoms with Crippen molar-refractivity contribution in [2.75, 3.05) is 33.3 Å². The largest absolute Gasteiger partial charge is 0.475 e. The molecular weight excluding hydrogens is 349 g/mol. The Bertz CT molecular complexity index is 813. The zero-order valence-corrected chi connectivity index (χ0v) is 15.2. The maximum absolute atomic E-state index is 13.7. The average molecular weight is 371 g/mol. The third-order valence-electron chi connectivity index (χ3n) is 5.55. The van der Waals surface area contributed by atoms with E-state index in [-0.39, 0.29) is 23.2 Å². The lowest BCUT2D eigenvalue weighted by molar-refractivity contribution is -0.0700. The van der Waals surface area contributed by atoms with Gasteiger partial charge in [0.15, 0.2) is 5.82 Å². The Labute approximate surface area is 157 Å². The first-order chi connectivity index (χ1) is 13.1. The van der Waals surface area contributed by atoms with Gasteiger partial charge >= 0.3 is 0 Å². The number of rotatable bonds is 4. The van der Waals surface area contributed by atoms with Crippen LogP contribution in [0.4, 0.5) is 4.39 Å². The number of ether oxygens (including phenoxy) is 1. The van der Waals surface area contributed by atoms with Gasteiger partial charge in [0.2, 0.25) is 11.7 Å². The zero-order chi connectivity index (χ0) is 18.9. The summed E-state index contributed by atoms with van der Waals surface area (Å²) in [6, 6.07) is 4.58. The highest BCUT2D eigenvalue weighted by molar-refractivity contribution is 5.91. The number of carbonyl (C=O) groups is 1. The Hall–Kier alpha value is -2.61. The van der Waals surface area contributed by atoms with Gasteiger partial charge in [-0.3, -0.25) is 9.69 Å². The van der Waals surface area contributed by atoms with Crippen molar-refractivity contribution >= 4 is 5.91 Å². The number of piperidine rings is 1. The number of pyridine rings is 1. The smallest absolute Gasteiger partial charge is 0.291 e.